The highest BCUT2D eigenvalue weighted by molar-refractivity contribution is 7.90. The highest BCUT2D eigenvalue weighted by atomic mass is 32.2. The van der Waals surface area contributed by atoms with Gasteiger partial charge in [0.25, 0.3) is 0 Å². The highest BCUT2D eigenvalue weighted by Gasteiger charge is 2.17. The molecule has 0 aliphatic carbocycles. The normalized spacial score (nSPS) is 14.0. The number of hydrogen-bond acceptors (Lipinski definition) is 8. The second-order valence-electron chi connectivity index (χ2n) is 5.66. The van der Waals surface area contributed by atoms with E-state index in [4.69, 9.17) is 5.73 Å². The van der Waals surface area contributed by atoms with Crippen molar-refractivity contribution in [1.82, 2.24) is 15.3 Å². The van der Waals surface area contributed by atoms with E-state index < -0.39 is 9.84 Å². The molecule has 0 atom stereocenters. The van der Waals surface area contributed by atoms with Gasteiger partial charge in [-0.05, 0) is 6.08 Å². The van der Waals surface area contributed by atoms with Crippen LogP contribution in [0.5, 0.6) is 0 Å². The van der Waals surface area contributed by atoms with Crippen LogP contribution in [0.4, 0.5) is 10.8 Å². The molecular formula is C15H19N5O2S2. The summed E-state index contributed by atoms with van der Waals surface area (Å²) < 4.78 is 22.2. The Kier molecular flexibility index (Phi) is 4.83. The fourth-order valence-electron chi connectivity index (χ4n) is 2.35. The molecule has 0 unspecified atom stereocenters. The van der Waals surface area contributed by atoms with Crippen LogP contribution in [-0.2, 0) is 22.9 Å². The second kappa shape index (κ2) is 6.88. The lowest BCUT2D eigenvalue weighted by molar-refractivity contribution is 0.596. The maximum atomic E-state index is 11.1. The van der Waals surface area contributed by atoms with Crippen LogP contribution in [0.25, 0.3) is 6.08 Å². The van der Waals surface area contributed by atoms with Crippen molar-refractivity contribution in [2.75, 3.05) is 29.2 Å². The molecule has 0 spiro atoms. The molecule has 3 N–H and O–H groups in total. The number of nitrogen functional groups attached to an aromatic ring is 1. The summed E-state index contributed by atoms with van der Waals surface area (Å²) in [6, 6.07) is 0. The number of nitrogens with two attached hydrogens (primary N) is 1. The fourth-order valence-corrected chi connectivity index (χ4v) is 3.73. The van der Waals surface area contributed by atoms with Gasteiger partial charge in [0.15, 0.2) is 5.13 Å². The summed E-state index contributed by atoms with van der Waals surface area (Å²) in [6.07, 6.45) is 10.5. The predicted octanol–water partition coefficient (Wildman–Crippen LogP) is 1.25. The molecule has 0 saturated carbocycles. The Bertz CT molecular complexity index is 860. The Labute approximate surface area is 145 Å². The smallest absolute Gasteiger partial charge is 0.189 e. The van der Waals surface area contributed by atoms with Gasteiger partial charge in [0.05, 0.1) is 24.2 Å². The van der Waals surface area contributed by atoms with Gasteiger partial charge in [-0.1, -0.05) is 0 Å². The Morgan fingerprint density at radius 2 is 2.21 bits per heavy atom. The van der Waals surface area contributed by atoms with Crippen LogP contribution in [-0.4, -0.2) is 36.9 Å². The summed E-state index contributed by atoms with van der Waals surface area (Å²) >= 11 is 1.57. The molecule has 0 fully saturated rings. The quantitative estimate of drug-likeness (QED) is 0.743. The minimum atomic E-state index is -2.93. The zero-order chi connectivity index (χ0) is 17.2. The third-order valence-corrected chi connectivity index (χ3v) is 5.60. The average molecular weight is 365 g/mol. The van der Waals surface area contributed by atoms with E-state index in [1.165, 1.54) is 6.26 Å². The number of nitrogens with one attached hydrogen (secondary N) is 1. The number of anilines is 2. The van der Waals surface area contributed by atoms with Crippen LogP contribution >= 0.6 is 11.3 Å². The number of aromatic nitrogens is 2. The van der Waals surface area contributed by atoms with E-state index >= 15 is 0 Å². The van der Waals surface area contributed by atoms with Gasteiger partial charge in [-0.2, -0.15) is 0 Å². The first-order valence-electron chi connectivity index (χ1n) is 7.43. The Morgan fingerprint density at radius 3 is 3.00 bits per heavy atom. The van der Waals surface area contributed by atoms with Crippen LogP contribution in [0.2, 0.25) is 0 Å². The van der Waals surface area contributed by atoms with Crippen molar-refractivity contribution in [1.29, 1.82) is 0 Å². The summed E-state index contributed by atoms with van der Waals surface area (Å²) in [4.78, 5) is 11.6. The maximum absolute atomic E-state index is 11.1. The molecule has 2 aromatic rings. The van der Waals surface area contributed by atoms with Gasteiger partial charge in [0, 0.05) is 53.9 Å². The molecule has 128 valence electrons. The molecule has 0 aromatic carbocycles. The molecule has 1 aliphatic heterocycles. The van der Waals surface area contributed by atoms with Gasteiger partial charge < -0.3 is 16.0 Å². The zero-order valence-electron chi connectivity index (χ0n) is 13.3. The van der Waals surface area contributed by atoms with Crippen molar-refractivity contribution >= 4 is 38.1 Å². The summed E-state index contributed by atoms with van der Waals surface area (Å²) in [6.45, 7) is 1.70. The SMILES string of the molecule is CS(=O)(=O)CCNCc1cnc(N2C=Cc3cncc(N)c3C2)s1. The summed E-state index contributed by atoms with van der Waals surface area (Å²) in [5.74, 6) is 0.137. The molecule has 2 aromatic heterocycles. The summed E-state index contributed by atoms with van der Waals surface area (Å²) in [5.41, 5.74) is 8.77. The number of nitrogens with zero attached hydrogens (tertiary/aromatic N) is 3. The third kappa shape index (κ3) is 4.11. The summed E-state index contributed by atoms with van der Waals surface area (Å²) in [7, 11) is -2.93. The standard InChI is InChI=1S/C15H19N5O2S2/c1-24(21,22)5-3-17-7-12-8-19-15(23-12)20-4-2-11-6-18-9-14(16)13(11)10-20/h2,4,6,8-9,17H,3,5,7,10,16H2,1H3. The van der Waals surface area contributed by atoms with E-state index in [0.29, 0.717) is 25.3 Å². The molecule has 1 aliphatic rings. The molecule has 3 rings (SSSR count). The van der Waals surface area contributed by atoms with E-state index in [0.717, 1.165) is 21.1 Å². The summed E-state index contributed by atoms with van der Waals surface area (Å²) in [5, 5.41) is 4.01. The van der Waals surface area contributed by atoms with Crippen LogP contribution < -0.4 is 16.0 Å². The Hall–Kier alpha value is -1.97. The molecule has 24 heavy (non-hydrogen) atoms. The van der Waals surface area contributed by atoms with Gasteiger partial charge in [-0.3, -0.25) is 4.98 Å². The van der Waals surface area contributed by atoms with E-state index in [9.17, 15) is 8.42 Å². The second-order valence-corrected chi connectivity index (χ2v) is 9.01. The lowest BCUT2D eigenvalue weighted by Crippen LogP contribution is -2.21. The minimum absolute atomic E-state index is 0.137. The van der Waals surface area contributed by atoms with Crippen LogP contribution in [0.3, 0.4) is 0 Å². The van der Waals surface area contributed by atoms with E-state index in [1.807, 2.05) is 23.4 Å². The highest BCUT2D eigenvalue weighted by Crippen LogP contribution is 2.30. The van der Waals surface area contributed by atoms with Crippen molar-refractivity contribution in [3.05, 3.63) is 40.8 Å². The number of pyridine rings is 1. The minimum Gasteiger partial charge on any atom is -0.397 e. The molecule has 0 amide bonds. The zero-order valence-corrected chi connectivity index (χ0v) is 14.9. The van der Waals surface area contributed by atoms with Gasteiger partial charge in [0.2, 0.25) is 0 Å². The number of thiazole rings is 1. The third-order valence-electron chi connectivity index (χ3n) is 3.62. The maximum Gasteiger partial charge on any atom is 0.189 e. The Balaban J connectivity index is 1.61. The van der Waals surface area contributed by atoms with Crippen molar-refractivity contribution in [3.8, 4) is 0 Å². The Morgan fingerprint density at radius 1 is 1.38 bits per heavy atom. The van der Waals surface area contributed by atoms with Crippen molar-refractivity contribution in [3.63, 3.8) is 0 Å². The number of hydrogen-bond donors (Lipinski definition) is 2. The number of sulfone groups is 1. The first-order valence-corrected chi connectivity index (χ1v) is 10.3. The van der Waals surface area contributed by atoms with Gasteiger partial charge in [-0.25, -0.2) is 13.4 Å². The largest absolute Gasteiger partial charge is 0.397 e. The molecule has 0 bridgehead atoms. The first kappa shape index (κ1) is 16.9. The van der Waals surface area contributed by atoms with Crippen molar-refractivity contribution < 1.29 is 8.42 Å². The number of rotatable bonds is 6. The molecule has 0 saturated heterocycles. The lowest BCUT2D eigenvalue weighted by Gasteiger charge is -2.23. The molecule has 7 nitrogen and oxygen atoms in total. The predicted molar refractivity (Wildman–Crippen MR) is 97.4 cm³/mol. The van der Waals surface area contributed by atoms with E-state index in [2.05, 4.69) is 15.3 Å². The molecule has 3 heterocycles. The van der Waals surface area contributed by atoms with E-state index in [-0.39, 0.29) is 5.75 Å². The van der Waals surface area contributed by atoms with Crippen LogP contribution in [0, 0.1) is 0 Å². The average Bonchev–Trinajstić information content (AvgIpc) is 3.00. The van der Waals surface area contributed by atoms with Gasteiger partial charge in [-0.15, -0.1) is 11.3 Å². The fraction of sp³-hybridized carbons (Fsp3) is 0.333. The van der Waals surface area contributed by atoms with E-state index in [1.54, 1.807) is 23.7 Å². The lowest BCUT2D eigenvalue weighted by atomic mass is 10.1. The molecule has 0 radical (unpaired) electrons. The first-order chi connectivity index (χ1) is 11.4. The van der Waals surface area contributed by atoms with Gasteiger partial charge in [0.1, 0.15) is 9.84 Å². The molecule has 9 heteroatoms. The topological polar surface area (TPSA) is 101 Å². The molecular weight excluding hydrogens is 346 g/mol. The van der Waals surface area contributed by atoms with Crippen LogP contribution in [0.1, 0.15) is 16.0 Å². The number of fused-ring (bicyclic) bond motifs is 1. The monoisotopic (exact) mass is 365 g/mol. The van der Waals surface area contributed by atoms with Gasteiger partial charge >= 0.3 is 0 Å². The van der Waals surface area contributed by atoms with Crippen molar-refractivity contribution in [2.24, 2.45) is 0 Å². The van der Waals surface area contributed by atoms with Crippen molar-refractivity contribution in [2.45, 2.75) is 13.1 Å². The van der Waals surface area contributed by atoms with Crippen LogP contribution in [0.15, 0.2) is 24.8 Å².